The van der Waals surface area contributed by atoms with Crippen LogP contribution < -0.4 is 19.5 Å². The summed E-state index contributed by atoms with van der Waals surface area (Å²) in [5.74, 6) is 2.16. The maximum Gasteiger partial charge on any atom is 0.324 e. The van der Waals surface area contributed by atoms with Crippen molar-refractivity contribution in [2.45, 2.75) is 53.0 Å². The van der Waals surface area contributed by atoms with Gasteiger partial charge >= 0.3 is 12.1 Å². The van der Waals surface area contributed by atoms with Crippen molar-refractivity contribution in [3.05, 3.63) is 59.3 Å². The molecule has 0 saturated carbocycles. The van der Waals surface area contributed by atoms with E-state index in [1.807, 2.05) is 65.8 Å². The fourth-order valence-electron chi connectivity index (χ4n) is 5.06. The van der Waals surface area contributed by atoms with E-state index in [1.165, 1.54) is 0 Å². The Morgan fingerprint density at radius 3 is 2.36 bits per heavy atom. The van der Waals surface area contributed by atoms with E-state index in [0.717, 1.165) is 36.1 Å². The molecular formula is C32H50N4O6. The van der Waals surface area contributed by atoms with Gasteiger partial charge in [-0.25, -0.2) is 9.59 Å². The largest absolute Gasteiger partial charge is 0.497 e. The Kier molecular flexibility index (Phi) is 14.5. The Hall–Kier alpha value is -3.92. The molecule has 2 aliphatic heterocycles. The molecule has 0 aliphatic carbocycles. The first-order valence-electron chi connectivity index (χ1n) is 14.6. The fraction of sp³-hybridized carbons (Fsp3) is 0.500. The molecule has 0 bridgehead atoms. The molecule has 1 fully saturated rings. The first-order chi connectivity index (χ1) is 20.5. The van der Waals surface area contributed by atoms with Crippen LogP contribution in [0.25, 0.3) is 0 Å². The van der Waals surface area contributed by atoms with Gasteiger partial charge in [-0.05, 0) is 56.4 Å². The van der Waals surface area contributed by atoms with Gasteiger partial charge in [-0.3, -0.25) is 4.90 Å². The number of carbonyl (C=O) groups is 2. The second-order valence-corrected chi connectivity index (χ2v) is 9.42. The maximum absolute atomic E-state index is 13.8. The van der Waals surface area contributed by atoms with Gasteiger partial charge in [0.15, 0.2) is 0 Å². The first-order valence-corrected chi connectivity index (χ1v) is 14.6. The lowest BCUT2D eigenvalue weighted by Gasteiger charge is -2.31. The lowest BCUT2D eigenvalue weighted by atomic mass is 10.0. The summed E-state index contributed by atoms with van der Waals surface area (Å²) in [7, 11) is 5.89. The Labute approximate surface area is 252 Å². The molecule has 4 amide bonds. The number of benzene rings is 2. The normalized spacial score (nSPS) is 15.1. The van der Waals surface area contributed by atoms with Crippen molar-refractivity contribution in [1.29, 1.82) is 0 Å². The van der Waals surface area contributed by atoms with E-state index in [9.17, 15) is 9.59 Å². The number of hydrogen-bond donors (Lipinski definition) is 2. The average molecular weight is 587 g/mol. The number of allylic oxidation sites excluding steroid dienone is 2. The molecule has 2 aromatic carbocycles. The number of methoxy groups -OCH3 is 3. The minimum Gasteiger partial charge on any atom is -0.497 e. The third-order valence-corrected chi connectivity index (χ3v) is 7.16. The van der Waals surface area contributed by atoms with E-state index in [0.29, 0.717) is 69.2 Å². The highest BCUT2D eigenvalue weighted by Crippen LogP contribution is 2.34. The molecule has 0 radical (unpaired) electrons. The topological polar surface area (TPSA) is 104 Å². The van der Waals surface area contributed by atoms with Crippen molar-refractivity contribution in [3.63, 3.8) is 0 Å². The fourth-order valence-corrected chi connectivity index (χ4v) is 5.06. The van der Waals surface area contributed by atoms with Crippen LogP contribution in [-0.2, 0) is 13.0 Å². The Morgan fingerprint density at radius 2 is 1.69 bits per heavy atom. The van der Waals surface area contributed by atoms with Crippen LogP contribution in [0.2, 0.25) is 0 Å². The van der Waals surface area contributed by atoms with Gasteiger partial charge in [0.05, 0.1) is 27.9 Å². The first kappa shape index (κ1) is 34.3. The second kappa shape index (κ2) is 17.8. The van der Waals surface area contributed by atoms with Gasteiger partial charge in [-0.2, -0.15) is 0 Å². The summed E-state index contributed by atoms with van der Waals surface area (Å²) in [5, 5.41) is 10.00. The third kappa shape index (κ3) is 8.79. The molecule has 2 N–H and O–H groups in total. The number of urea groups is 2. The molecule has 1 saturated heterocycles. The van der Waals surface area contributed by atoms with E-state index in [1.54, 1.807) is 27.4 Å². The van der Waals surface area contributed by atoms with Crippen LogP contribution in [0.3, 0.4) is 0 Å². The molecule has 0 spiro atoms. The van der Waals surface area contributed by atoms with Crippen LogP contribution in [0, 0.1) is 0 Å². The number of aliphatic hydroxyl groups is 1. The minimum absolute atomic E-state index is 0. The molecule has 10 nitrogen and oxygen atoms in total. The number of anilines is 1. The highest BCUT2D eigenvalue weighted by Gasteiger charge is 2.28. The number of fused-ring (bicyclic) bond motifs is 2. The quantitative estimate of drug-likeness (QED) is 0.446. The predicted molar refractivity (Wildman–Crippen MR) is 169 cm³/mol. The van der Waals surface area contributed by atoms with Gasteiger partial charge in [0.1, 0.15) is 17.2 Å². The number of nitrogens with one attached hydrogen (secondary N) is 1. The SMILES string of the molecule is CC.CCN1CCCN(C(=O)Nc2cccc(OC)c2)CCCC2=CCc3c(cc(OC)cc3OC)CN2C1=O.CO.[HH]. The van der Waals surface area contributed by atoms with E-state index >= 15 is 0 Å². The van der Waals surface area contributed by atoms with Crippen LogP contribution in [0.1, 0.15) is 52.6 Å². The summed E-state index contributed by atoms with van der Waals surface area (Å²) in [6, 6.07) is 11.1. The number of amides is 4. The van der Waals surface area contributed by atoms with Crippen LogP contribution in [0.15, 0.2) is 48.2 Å². The lowest BCUT2D eigenvalue weighted by molar-refractivity contribution is 0.163. The summed E-state index contributed by atoms with van der Waals surface area (Å²) in [6.45, 7) is 8.75. The van der Waals surface area contributed by atoms with Gasteiger partial charge in [-0.1, -0.05) is 26.0 Å². The zero-order valence-corrected chi connectivity index (χ0v) is 26.2. The van der Waals surface area contributed by atoms with Crippen LogP contribution in [0.4, 0.5) is 15.3 Å². The molecule has 234 valence electrons. The molecule has 4 rings (SSSR count). The number of rotatable bonds is 5. The van der Waals surface area contributed by atoms with Crippen LogP contribution >= 0.6 is 0 Å². The standard InChI is InChI=1S/C29H38N4O5.C2H6.CH4O.H2/c1-5-31-15-8-16-32(28(34)30-22-9-6-11-24(18-22)36-2)14-7-10-23-12-13-26-21(20-33(23)29(31)35)17-25(37-3)19-27(26)38-4;2*1-2;/h6,9,11-12,17-19H,5,7-8,10,13-16,20H2,1-4H3,(H,30,34);1-2H3;2H,1H3;1H. The summed E-state index contributed by atoms with van der Waals surface area (Å²) in [5.41, 5.74) is 3.75. The molecule has 0 unspecified atom stereocenters. The Bertz CT molecular complexity index is 1190. The van der Waals surface area contributed by atoms with E-state index in [-0.39, 0.29) is 13.5 Å². The third-order valence-electron chi connectivity index (χ3n) is 7.16. The number of ether oxygens (including phenoxy) is 3. The average Bonchev–Trinajstić information content (AvgIpc) is 3.23. The molecule has 2 aromatic rings. The maximum atomic E-state index is 13.8. The highest BCUT2D eigenvalue weighted by atomic mass is 16.5. The van der Waals surface area contributed by atoms with Gasteiger partial charge in [0.2, 0.25) is 0 Å². The van der Waals surface area contributed by atoms with E-state index in [2.05, 4.69) is 11.4 Å². The number of nitrogens with zero attached hydrogens (tertiary/aromatic N) is 3. The van der Waals surface area contributed by atoms with Gasteiger partial charge in [0, 0.05) is 63.8 Å². The molecule has 42 heavy (non-hydrogen) atoms. The van der Waals surface area contributed by atoms with Crippen molar-refractivity contribution in [2.75, 3.05) is 59.9 Å². The van der Waals surface area contributed by atoms with Crippen molar-refractivity contribution in [1.82, 2.24) is 14.7 Å². The second-order valence-electron chi connectivity index (χ2n) is 9.42. The Balaban J connectivity index is 0.00000177. The molecule has 2 heterocycles. The summed E-state index contributed by atoms with van der Waals surface area (Å²) >= 11 is 0. The molecule has 0 atom stereocenters. The van der Waals surface area contributed by atoms with Crippen LogP contribution in [0.5, 0.6) is 17.2 Å². The van der Waals surface area contributed by atoms with Crippen molar-refractivity contribution in [3.8, 4) is 17.2 Å². The molecule has 10 heteroatoms. The van der Waals surface area contributed by atoms with E-state index < -0.39 is 0 Å². The zero-order chi connectivity index (χ0) is 31.1. The predicted octanol–water partition coefficient (Wildman–Crippen LogP) is 6.00. The molecule has 0 aromatic heterocycles. The van der Waals surface area contributed by atoms with Crippen molar-refractivity contribution in [2.24, 2.45) is 0 Å². The summed E-state index contributed by atoms with van der Waals surface area (Å²) in [6.07, 6.45) is 4.90. The highest BCUT2D eigenvalue weighted by molar-refractivity contribution is 5.89. The minimum atomic E-state index is -0.150. The monoisotopic (exact) mass is 586 g/mol. The lowest BCUT2D eigenvalue weighted by Crippen LogP contribution is -2.43. The number of hydrogen-bond acceptors (Lipinski definition) is 6. The molecular weight excluding hydrogens is 536 g/mol. The summed E-state index contributed by atoms with van der Waals surface area (Å²) in [4.78, 5) is 32.6. The number of aliphatic hydroxyl groups excluding tert-OH is 1. The summed E-state index contributed by atoms with van der Waals surface area (Å²) < 4.78 is 16.4. The van der Waals surface area contributed by atoms with E-state index in [4.69, 9.17) is 19.3 Å². The van der Waals surface area contributed by atoms with Crippen molar-refractivity contribution < 1.29 is 30.3 Å². The Morgan fingerprint density at radius 1 is 0.976 bits per heavy atom. The number of carbonyl (C=O) groups excluding carboxylic acids is 2. The van der Waals surface area contributed by atoms with Crippen LogP contribution in [-0.4, -0.2) is 86.5 Å². The zero-order valence-electron chi connectivity index (χ0n) is 26.2. The molecule has 2 aliphatic rings. The smallest absolute Gasteiger partial charge is 0.324 e. The van der Waals surface area contributed by atoms with Gasteiger partial charge < -0.3 is 34.4 Å². The van der Waals surface area contributed by atoms with Crippen molar-refractivity contribution >= 4 is 17.7 Å². The van der Waals surface area contributed by atoms with Gasteiger partial charge in [-0.15, -0.1) is 0 Å². The van der Waals surface area contributed by atoms with Gasteiger partial charge in [0.25, 0.3) is 0 Å².